The molecule has 2 aliphatic carbocycles. The Kier molecular flexibility index (Phi) is 3.63. The number of hydrogen-bond acceptors (Lipinski definition) is 4. The van der Waals surface area contributed by atoms with E-state index in [9.17, 15) is 0 Å². The molecule has 0 radical (unpaired) electrons. The smallest absolute Gasteiger partial charge is 0.170 e. The van der Waals surface area contributed by atoms with E-state index in [2.05, 4.69) is 11.9 Å². The SMILES string of the molecule is CN(CC1CCC1)C1CC2(CCC1N)OCCO2. The Labute approximate surface area is 110 Å². The van der Waals surface area contributed by atoms with Crippen LogP contribution in [0.2, 0.25) is 0 Å². The third-order valence-electron chi connectivity index (χ3n) is 5.02. The van der Waals surface area contributed by atoms with Crippen molar-refractivity contribution in [1.82, 2.24) is 4.90 Å². The number of nitrogens with zero attached hydrogens (tertiary/aromatic N) is 1. The summed E-state index contributed by atoms with van der Waals surface area (Å²) in [6.45, 7) is 2.68. The Morgan fingerprint density at radius 2 is 1.94 bits per heavy atom. The van der Waals surface area contributed by atoms with Crippen LogP contribution in [0.15, 0.2) is 0 Å². The number of likely N-dealkylation sites (N-methyl/N-ethyl adjacent to an activating group) is 1. The maximum absolute atomic E-state index is 6.31. The molecule has 0 amide bonds. The molecule has 3 fully saturated rings. The fraction of sp³-hybridized carbons (Fsp3) is 1.00. The van der Waals surface area contributed by atoms with E-state index in [1.54, 1.807) is 0 Å². The molecule has 0 aromatic carbocycles. The first-order valence-electron chi connectivity index (χ1n) is 7.42. The van der Waals surface area contributed by atoms with Crippen LogP contribution >= 0.6 is 0 Å². The molecule has 3 rings (SSSR count). The Bertz CT molecular complexity index is 288. The third kappa shape index (κ3) is 2.44. The van der Waals surface area contributed by atoms with Crippen LogP contribution in [-0.2, 0) is 9.47 Å². The zero-order valence-corrected chi connectivity index (χ0v) is 11.4. The average Bonchev–Trinajstić information content (AvgIpc) is 2.76. The van der Waals surface area contributed by atoms with Crippen molar-refractivity contribution in [2.75, 3.05) is 26.8 Å². The largest absolute Gasteiger partial charge is 0.347 e. The second kappa shape index (κ2) is 5.08. The number of rotatable bonds is 3. The summed E-state index contributed by atoms with van der Waals surface area (Å²) in [6, 6.07) is 0.686. The Morgan fingerprint density at radius 3 is 2.56 bits per heavy atom. The zero-order valence-electron chi connectivity index (χ0n) is 11.4. The van der Waals surface area contributed by atoms with E-state index in [1.807, 2.05) is 0 Å². The predicted octanol–water partition coefficient (Wildman–Crippen LogP) is 1.34. The molecule has 4 heteroatoms. The fourth-order valence-corrected chi connectivity index (χ4v) is 3.61. The highest BCUT2D eigenvalue weighted by Crippen LogP contribution is 2.38. The molecule has 104 valence electrons. The van der Waals surface area contributed by atoms with Gasteiger partial charge in [-0.15, -0.1) is 0 Å². The molecule has 2 unspecified atom stereocenters. The molecule has 2 atom stereocenters. The van der Waals surface area contributed by atoms with Gasteiger partial charge in [0.25, 0.3) is 0 Å². The highest BCUT2D eigenvalue weighted by Gasteiger charge is 2.45. The van der Waals surface area contributed by atoms with Gasteiger partial charge in [0, 0.05) is 31.5 Å². The topological polar surface area (TPSA) is 47.7 Å². The summed E-state index contributed by atoms with van der Waals surface area (Å²) in [5.41, 5.74) is 6.31. The summed E-state index contributed by atoms with van der Waals surface area (Å²) < 4.78 is 11.7. The molecule has 3 aliphatic rings. The molecule has 1 aliphatic heterocycles. The van der Waals surface area contributed by atoms with Gasteiger partial charge in [-0.3, -0.25) is 0 Å². The van der Waals surface area contributed by atoms with Crippen LogP contribution in [0, 0.1) is 5.92 Å². The van der Waals surface area contributed by atoms with Gasteiger partial charge in [-0.05, 0) is 32.2 Å². The second-order valence-electron chi connectivity index (χ2n) is 6.32. The van der Waals surface area contributed by atoms with E-state index in [4.69, 9.17) is 15.2 Å². The van der Waals surface area contributed by atoms with Gasteiger partial charge in [0.15, 0.2) is 5.79 Å². The van der Waals surface area contributed by atoms with Crippen molar-refractivity contribution in [2.45, 2.75) is 56.4 Å². The predicted molar refractivity (Wildman–Crippen MR) is 70.2 cm³/mol. The first-order valence-corrected chi connectivity index (χ1v) is 7.42. The van der Waals surface area contributed by atoms with Crippen LogP contribution in [0.4, 0.5) is 0 Å². The Morgan fingerprint density at radius 1 is 1.22 bits per heavy atom. The van der Waals surface area contributed by atoms with Gasteiger partial charge in [0.2, 0.25) is 0 Å². The minimum absolute atomic E-state index is 0.272. The highest BCUT2D eigenvalue weighted by atomic mass is 16.7. The van der Waals surface area contributed by atoms with Crippen LogP contribution in [0.5, 0.6) is 0 Å². The summed E-state index contributed by atoms with van der Waals surface area (Å²) in [5, 5.41) is 0. The van der Waals surface area contributed by atoms with Crippen molar-refractivity contribution < 1.29 is 9.47 Å². The molecular weight excluding hydrogens is 228 g/mol. The summed E-state index contributed by atoms with van der Waals surface area (Å²) in [5.74, 6) is 0.583. The van der Waals surface area contributed by atoms with E-state index in [0.717, 1.165) is 38.4 Å². The summed E-state index contributed by atoms with van der Waals surface area (Å²) >= 11 is 0. The molecule has 1 saturated heterocycles. The van der Waals surface area contributed by atoms with Gasteiger partial charge in [-0.1, -0.05) is 6.42 Å². The molecule has 2 saturated carbocycles. The number of nitrogens with two attached hydrogens (primary N) is 1. The van der Waals surface area contributed by atoms with Crippen molar-refractivity contribution in [2.24, 2.45) is 11.7 Å². The minimum atomic E-state index is -0.311. The fourth-order valence-electron chi connectivity index (χ4n) is 3.61. The van der Waals surface area contributed by atoms with Crippen molar-refractivity contribution in [3.05, 3.63) is 0 Å². The summed E-state index contributed by atoms with van der Waals surface area (Å²) in [4.78, 5) is 2.46. The quantitative estimate of drug-likeness (QED) is 0.825. The average molecular weight is 254 g/mol. The molecule has 0 aromatic rings. The Hall–Kier alpha value is -0.160. The van der Waals surface area contributed by atoms with Crippen LogP contribution in [0.1, 0.15) is 38.5 Å². The second-order valence-corrected chi connectivity index (χ2v) is 6.32. The van der Waals surface area contributed by atoms with Gasteiger partial charge in [0.05, 0.1) is 13.2 Å². The Balaban J connectivity index is 1.61. The van der Waals surface area contributed by atoms with Crippen LogP contribution < -0.4 is 5.73 Å². The van der Waals surface area contributed by atoms with Crippen molar-refractivity contribution in [3.8, 4) is 0 Å². The van der Waals surface area contributed by atoms with Crippen molar-refractivity contribution in [3.63, 3.8) is 0 Å². The normalized spacial score (nSPS) is 36.2. The van der Waals surface area contributed by atoms with E-state index < -0.39 is 0 Å². The lowest BCUT2D eigenvalue weighted by Crippen LogP contribution is -2.56. The number of hydrogen-bond donors (Lipinski definition) is 1. The minimum Gasteiger partial charge on any atom is -0.347 e. The zero-order chi connectivity index (χ0) is 12.6. The third-order valence-corrected chi connectivity index (χ3v) is 5.02. The molecule has 0 bridgehead atoms. The highest BCUT2D eigenvalue weighted by molar-refractivity contribution is 4.95. The van der Waals surface area contributed by atoms with Crippen LogP contribution in [0.3, 0.4) is 0 Å². The van der Waals surface area contributed by atoms with Crippen molar-refractivity contribution in [1.29, 1.82) is 0 Å². The van der Waals surface area contributed by atoms with Gasteiger partial charge >= 0.3 is 0 Å². The van der Waals surface area contributed by atoms with E-state index in [1.165, 1.54) is 25.8 Å². The van der Waals surface area contributed by atoms with Gasteiger partial charge < -0.3 is 20.1 Å². The lowest BCUT2D eigenvalue weighted by Gasteiger charge is -2.45. The first kappa shape index (κ1) is 12.9. The molecule has 2 N–H and O–H groups in total. The molecule has 0 aromatic heterocycles. The summed E-state index contributed by atoms with van der Waals surface area (Å²) in [6.07, 6.45) is 7.11. The van der Waals surface area contributed by atoms with E-state index >= 15 is 0 Å². The molecule has 1 spiro atoms. The van der Waals surface area contributed by atoms with Crippen molar-refractivity contribution >= 4 is 0 Å². The maximum atomic E-state index is 6.31. The number of ether oxygens (including phenoxy) is 2. The lowest BCUT2D eigenvalue weighted by atomic mass is 9.82. The molecule has 4 nitrogen and oxygen atoms in total. The van der Waals surface area contributed by atoms with Gasteiger partial charge in [-0.25, -0.2) is 0 Å². The summed E-state index contributed by atoms with van der Waals surface area (Å²) in [7, 11) is 2.22. The molecular formula is C14H26N2O2. The van der Waals surface area contributed by atoms with Crippen LogP contribution in [0.25, 0.3) is 0 Å². The molecule has 1 heterocycles. The molecule has 18 heavy (non-hydrogen) atoms. The van der Waals surface area contributed by atoms with Gasteiger partial charge in [-0.2, -0.15) is 0 Å². The maximum Gasteiger partial charge on any atom is 0.170 e. The van der Waals surface area contributed by atoms with E-state index in [-0.39, 0.29) is 11.8 Å². The first-order chi connectivity index (χ1) is 8.69. The standard InChI is InChI=1S/C14H26N2O2/c1-16(10-11-3-2-4-11)13-9-14(6-5-12(13)15)17-7-8-18-14/h11-13H,2-10,15H2,1H3. The van der Waals surface area contributed by atoms with E-state index in [0.29, 0.717) is 6.04 Å². The monoisotopic (exact) mass is 254 g/mol. The lowest BCUT2D eigenvalue weighted by molar-refractivity contribution is -0.191. The van der Waals surface area contributed by atoms with Gasteiger partial charge in [0.1, 0.15) is 0 Å². The van der Waals surface area contributed by atoms with Crippen LogP contribution in [-0.4, -0.2) is 49.6 Å².